The van der Waals surface area contributed by atoms with Gasteiger partial charge < -0.3 is 24.8 Å². The van der Waals surface area contributed by atoms with Gasteiger partial charge in [0.15, 0.2) is 11.5 Å². The minimum Gasteiger partial charge on any atom is -0.490 e. The van der Waals surface area contributed by atoms with Crippen molar-refractivity contribution in [1.82, 2.24) is 0 Å². The van der Waals surface area contributed by atoms with Gasteiger partial charge in [0.05, 0.1) is 19.8 Å². The van der Waals surface area contributed by atoms with E-state index in [0.29, 0.717) is 54.0 Å². The van der Waals surface area contributed by atoms with Crippen molar-refractivity contribution < 1.29 is 23.8 Å². The van der Waals surface area contributed by atoms with E-state index in [1.807, 2.05) is 20.8 Å². The van der Waals surface area contributed by atoms with E-state index in [2.05, 4.69) is 10.6 Å². The molecule has 0 heterocycles. The van der Waals surface area contributed by atoms with E-state index in [0.717, 1.165) is 0 Å². The number of hydrogen-bond donors (Lipinski definition) is 2. The predicted molar refractivity (Wildman–Crippen MR) is 109 cm³/mol. The lowest BCUT2D eigenvalue weighted by Crippen LogP contribution is -2.14. The van der Waals surface area contributed by atoms with Gasteiger partial charge in [0.2, 0.25) is 11.7 Å². The van der Waals surface area contributed by atoms with Crippen LogP contribution in [-0.4, -0.2) is 31.6 Å². The minimum absolute atomic E-state index is 0.183. The van der Waals surface area contributed by atoms with Crippen molar-refractivity contribution in [3.8, 4) is 17.2 Å². The highest BCUT2D eigenvalue weighted by Gasteiger charge is 2.18. The largest absolute Gasteiger partial charge is 0.490 e. The Labute approximate surface area is 165 Å². The fraction of sp³-hybridized carbons (Fsp3) is 0.333. The Morgan fingerprint density at radius 1 is 0.821 bits per heavy atom. The molecule has 0 atom stereocenters. The second-order valence-electron chi connectivity index (χ2n) is 5.82. The molecule has 0 radical (unpaired) electrons. The summed E-state index contributed by atoms with van der Waals surface area (Å²) in [6, 6.07) is 10.2. The minimum atomic E-state index is -0.329. The van der Waals surface area contributed by atoms with Gasteiger partial charge in [0.1, 0.15) is 0 Å². The summed E-state index contributed by atoms with van der Waals surface area (Å²) in [5, 5.41) is 5.50. The molecule has 150 valence electrons. The number of nitrogens with one attached hydrogen (secondary N) is 2. The molecular weight excluding hydrogens is 360 g/mol. The van der Waals surface area contributed by atoms with Gasteiger partial charge in [-0.1, -0.05) is 6.07 Å². The van der Waals surface area contributed by atoms with Crippen LogP contribution < -0.4 is 24.8 Å². The second-order valence-corrected chi connectivity index (χ2v) is 5.82. The monoisotopic (exact) mass is 386 g/mol. The van der Waals surface area contributed by atoms with Crippen molar-refractivity contribution in [2.75, 3.05) is 30.5 Å². The Morgan fingerprint density at radius 3 is 1.86 bits per heavy atom. The molecule has 0 unspecified atom stereocenters. The molecule has 2 rings (SSSR count). The standard InChI is InChI=1S/C21H26N2O5/c1-5-26-18-11-15(12-19(27-6-2)20(18)28-7-3)21(25)23-17-10-8-9-16(13-17)22-14(4)24/h8-13H,5-7H2,1-4H3,(H,22,24)(H,23,25). The molecule has 0 bridgehead atoms. The number of ether oxygens (including phenoxy) is 3. The topological polar surface area (TPSA) is 85.9 Å². The average molecular weight is 386 g/mol. The van der Waals surface area contributed by atoms with Crippen LogP contribution >= 0.6 is 0 Å². The smallest absolute Gasteiger partial charge is 0.255 e. The van der Waals surface area contributed by atoms with Crippen LogP contribution in [0.3, 0.4) is 0 Å². The molecule has 0 saturated carbocycles. The first-order valence-electron chi connectivity index (χ1n) is 9.23. The normalized spacial score (nSPS) is 10.1. The maximum atomic E-state index is 12.8. The molecule has 2 aromatic carbocycles. The van der Waals surface area contributed by atoms with Crippen LogP contribution in [0.15, 0.2) is 36.4 Å². The molecule has 0 fully saturated rings. The number of hydrogen-bond acceptors (Lipinski definition) is 5. The number of amides is 2. The molecule has 0 aliphatic carbocycles. The average Bonchev–Trinajstić information content (AvgIpc) is 2.64. The van der Waals surface area contributed by atoms with E-state index in [1.165, 1.54) is 6.92 Å². The lowest BCUT2D eigenvalue weighted by atomic mass is 10.1. The quantitative estimate of drug-likeness (QED) is 0.678. The van der Waals surface area contributed by atoms with E-state index < -0.39 is 0 Å². The predicted octanol–water partition coefficient (Wildman–Crippen LogP) is 4.09. The Kier molecular flexibility index (Phi) is 7.68. The Hall–Kier alpha value is -3.22. The Morgan fingerprint density at radius 2 is 1.36 bits per heavy atom. The van der Waals surface area contributed by atoms with E-state index >= 15 is 0 Å². The summed E-state index contributed by atoms with van der Waals surface area (Å²) in [5.41, 5.74) is 1.53. The van der Waals surface area contributed by atoms with Gasteiger partial charge in [-0.25, -0.2) is 0 Å². The molecule has 0 spiro atoms. The molecule has 0 aliphatic heterocycles. The van der Waals surface area contributed by atoms with Crippen molar-refractivity contribution >= 4 is 23.2 Å². The van der Waals surface area contributed by atoms with Gasteiger partial charge in [0, 0.05) is 23.9 Å². The molecule has 28 heavy (non-hydrogen) atoms. The van der Waals surface area contributed by atoms with E-state index in [9.17, 15) is 9.59 Å². The Balaban J connectivity index is 2.32. The molecule has 7 heteroatoms. The molecule has 0 aromatic heterocycles. The van der Waals surface area contributed by atoms with Gasteiger partial charge in [0.25, 0.3) is 5.91 Å². The third-order valence-corrected chi connectivity index (χ3v) is 3.61. The summed E-state index contributed by atoms with van der Waals surface area (Å²) in [6.45, 7) is 8.31. The zero-order valence-electron chi connectivity index (χ0n) is 16.6. The highest BCUT2D eigenvalue weighted by Crippen LogP contribution is 2.39. The SMILES string of the molecule is CCOc1cc(C(=O)Nc2cccc(NC(C)=O)c2)cc(OCC)c1OCC. The van der Waals surface area contributed by atoms with Crippen LogP contribution in [0.1, 0.15) is 38.1 Å². The van der Waals surface area contributed by atoms with Gasteiger partial charge in [-0.2, -0.15) is 0 Å². The molecule has 2 amide bonds. The van der Waals surface area contributed by atoms with Gasteiger partial charge >= 0.3 is 0 Å². The van der Waals surface area contributed by atoms with E-state index in [1.54, 1.807) is 36.4 Å². The van der Waals surface area contributed by atoms with Crippen molar-refractivity contribution in [3.63, 3.8) is 0 Å². The summed E-state index contributed by atoms with van der Waals surface area (Å²) in [7, 11) is 0. The molecule has 0 saturated heterocycles. The maximum Gasteiger partial charge on any atom is 0.255 e. The fourth-order valence-corrected chi connectivity index (χ4v) is 2.60. The van der Waals surface area contributed by atoms with Crippen LogP contribution in [0, 0.1) is 0 Å². The van der Waals surface area contributed by atoms with Gasteiger partial charge in [-0.15, -0.1) is 0 Å². The fourth-order valence-electron chi connectivity index (χ4n) is 2.60. The first-order valence-corrected chi connectivity index (χ1v) is 9.23. The van der Waals surface area contributed by atoms with Crippen molar-refractivity contribution in [1.29, 1.82) is 0 Å². The first kappa shape index (κ1) is 21.1. The van der Waals surface area contributed by atoms with E-state index in [4.69, 9.17) is 14.2 Å². The molecule has 7 nitrogen and oxygen atoms in total. The van der Waals surface area contributed by atoms with Crippen molar-refractivity contribution in [2.24, 2.45) is 0 Å². The van der Waals surface area contributed by atoms with Crippen LogP contribution in [0.4, 0.5) is 11.4 Å². The second kappa shape index (κ2) is 10.2. The summed E-state index contributed by atoms with van der Waals surface area (Å²) in [6.07, 6.45) is 0. The van der Waals surface area contributed by atoms with Crippen LogP contribution in [0.5, 0.6) is 17.2 Å². The Bertz CT molecular complexity index is 808. The van der Waals surface area contributed by atoms with Crippen LogP contribution in [-0.2, 0) is 4.79 Å². The van der Waals surface area contributed by atoms with Crippen LogP contribution in [0.25, 0.3) is 0 Å². The lowest BCUT2D eigenvalue weighted by molar-refractivity contribution is -0.114. The van der Waals surface area contributed by atoms with Crippen molar-refractivity contribution in [2.45, 2.75) is 27.7 Å². The zero-order valence-corrected chi connectivity index (χ0v) is 16.6. The summed E-state index contributed by atoms with van der Waals surface area (Å²) >= 11 is 0. The highest BCUT2D eigenvalue weighted by molar-refractivity contribution is 6.05. The van der Waals surface area contributed by atoms with Crippen molar-refractivity contribution in [3.05, 3.63) is 42.0 Å². The molecule has 2 aromatic rings. The first-order chi connectivity index (χ1) is 13.5. The number of carbonyl (C=O) groups excluding carboxylic acids is 2. The lowest BCUT2D eigenvalue weighted by Gasteiger charge is -2.17. The summed E-state index contributed by atoms with van der Waals surface area (Å²) in [4.78, 5) is 24.0. The molecular formula is C21H26N2O5. The highest BCUT2D eigenvalue weighted by atomic mass is 16.5. The number of rotatable bonds is 9. The van der Waals surface area contributed by atoms with Crippen LogP contribution in [0.2, 0.25) is 0 Å². The molecule has 2 N–H and O–H groups in total. The zero-order chi connectivity index (χ0) is 20.5. The summed E-state index contributed by atoms with van der Waals surface area (Å²) < 4.78 is 17.0. The third-order valence-electron chi connectivity index (χ3n) is 3.61. The van der Waals surface area contributed by atoms with E-state index in [-0.39, 0.29) is 11.8 Å². The maximum absolute atomic E-state index is 12.8. The van der Waals surface area contributed by atoms with Gasteiger partial charge in [-0.3, -0.25) is 9.59 Å². The third kappa shape index (κ3) is 5.64. The number of carbonyl (C=O) groups is 2. The molecule has 0 aliphatic rings. The summed E-state index contributed by atoms with van der Waals surface area (Å²) in [5.74, 6) is 0.873. The number of benzene rings is 2. The number of anilines is 2. The van der Waals surface area contributed by atoms with Gasteiger partial charge in [-0.05, 0) is 51.1 Å².